The molecule has 1 aliphatic carbocycles. The molecule has 1 aliphatic rings. The zero-order valence-corrected chi connectivity index (χ0v) is 9.31. The van der Waals surface area contributed by atoms with E-state index >= 15 is 0 Å². The molecule has 1 rings (SSSR count). The Morgan fingerprint density at radius 2 is 2.27 bits per heavy atom. The predicted octanol–water partition coefficient (Wildman–Crippen LogP) is 0.627. The van der Waals surface area contributed by atoms with Gasteiger partial charge in [-0.2, -0.15) is 0 Å². The maximum Gasteiger partial charge on any atom is 0.225 e. The van der Waals surface area contributed by atoms with Crippen LogP contribution in [0.4, 0.5) is 0 Å². The molecule has 0 saturated heterocycles. The molecule has 1 atom stereocenters. The van der Waals surface area contributed by atoms with Crippen molar-refractivity contribution in [3.63, 3.8) is 0 Å². The Balaban J connectivity index is 2.40. The molecule has 0 aliphatic heterocycles. The molecule has 1 unspecified atom stereocenters. The first-order valence-electron chi connectivity index (χ1n) is 5.28. The summed E-state index contributed by atoms with van der Waals surface area (Å²) in [5.41, 5.74) is 5.45. The van der Waals surface area contributed by atoms with Crippen LogP contribution in [0.15, 0.2) is 5.16 Å². The lowest BCUT2D eigenvalue weighted by Crippen LogP contribution is -2.41. The molecule has 0 aromatic carbocycles. The van der Waals surface area contributed by atoms with Crippen molar-refractivity contribution in [2.45, 2.75) is 26.2 Å². The van der Waals surface area contributed by atoms with Crippen LogP contribution in [0.5, 0.6) is 0 Å². The Hall–Kier alpha value is -1.26. The fourth-order valence-corrected chi connectivity index (χ4v) is 1.66. The summed E-state index contributed by atoms with van der Waals surface area (Å²) in [7, 11) is 1.77. The largest absolute Gasteiger partial charge is 0.409 e. The highest BCUT2D eigenvalue weighted by molar-refractivity contribution is 5.83. The van der Waals surface area contributed by atoms with Crippen molar-refractivity contribution in [3.8, 4) is 0 Å². The lowest BCUT2D eigenvalue weighted by Gasteiger charge is -2.30. The number of nitrogens with two attached hydrogens (primary N) is 1. The molecule has 5 heteroatoms. The molecule has 1 fully saturated rings. The molecule has 1 amide bonds. The molecule has 1 saturated carbocycles. The van der Waals surface area contributed by atoms with Crippen molar-refractivity contribution in [1.82, 2.24) is 4.90 Å². The highest BCUT2D eigenvalue weighted by Gasteiger charge is 2.28. The second kappa shape index (κ2) is 5.00. The molecular formula is C10H19N3O2. The third kappa shape index (κ3) is 2.84. The molecule has 0 aromatic heterocycles. The minimum absolute atomic E-state index is 0.107. The fraction of sp³-hybridized carbons (Fsp3) is 0.800. The van der Waals surface area contributed by atoms with E-state index in [4.69, 9.17) is 10.9 Å². The number of hydrogen-bond donors (Lipinski definition) is 2. The SMILES string of the molecule is CC(CN(C)C(=O)C1CCC1)C(N)=NO. The molecule has 0 heterocycles. The molecule has 15 heavy (non-hydrogen) atoms. The minimum Gasteiger partial charge on any atom is -0.409 e. The lowest BCUT2D eigenvalue weighted by molar-refractivity contribution is -0.137. The van der Waals surface area contributed by atoms with E-state index in [0.29, 0.717) is 6.54 Å². The van der Waals surface area contributed by atoms with Gasteiger partial charge in [0.1, 0.15) is 5.84 Å². The third-order valence-electron chi connectivity index (χ3n) is 3.00. The van der Waals surface area contributed by atoms with Crippen LogP contribution in [0, 0.1) is 11.8 Å². The van der Waals surface area contributed by atoms with Crippen molar-refractivity contribution in [2.24, 2.45) is 22.7 Å². The summed E-state index contributed by atoms with van der Waals surface area (Å²) >= 11 is 0. The Kier molecular flexibility index (Phi) is 3.94. The van der Waals surface area contributed by atoms with Gasteiger partial charge in [0.05, 0.1) is 0 Å². The predicted molar refractivity (Wildman–Crippen MR) is 57.6 cm³/mol. The molecule has 0 bridgehead atoms. The Morgan fingerprint density at radius 3 is 2.67 bits per heavy atom. The van der Waals surface area contributed by atoms with Crippen LogP contribution in [-0.2, 0) is 4.79 Å². The van der Waals surface area contributed by atoms with Crippen molar-refractivity contribution in [2.75, 3.05) is 13.6 Å². The van der Waals surface area contributed by atoms with Crippen molar-refractivity contribution >= 4 is 11.7 Å². The highest BCUT2D eigenvalue weighted by atomic mass is 16.4. The van der Waals surface area contributed by atoms with Crippen molar-refractivity contribution < 1.29 is 10.0 Å². The number of carbonyl (C=O) groups excluding carboxylic acids is 1. The molecule has 0 aromatic rings. The normalized spacial score (nSPS) is 19.5. The van der Waals surface area contributed by atoms with Crippen LogP contribution in [-0.4, -0.2) is 35.4 Å². The fourth-order valence-electron chi connectivity index (χ4n) is 1.66. The zero-order valence-electron chi connectivity index (χ0n) is 9.31. The van der Waals surface area contributed by atoms with E-state index in [1.54, 1.807) is 11.9 Å². The van der Waals surface area contributed by atoms with E-state index in [0.717, 1.165) is 19.3 Å². The average molecular weight is 213 g/mol. The minimum atomic E-state index is -0.107. The van der Waals surface area contributed by atoms with E-state index in [9.17, 15) is 4.79 Å². The van der Waals surface area contributed by atoms with Gasteiger partial charge in [-0.3, -0.25) is 4.79 Å². The van der Waals surface area contributed by atoms with Crippen LogP contribution in [0.3, 0.4) is 0 Å². The Morgan fingerprint density at radius 1 is 1.67 bits per heavy atom. The Labute approximate surface area is 89.9 Å². The van der Waals surface area contributed by atoms with Crippen LogP contribution in [0.2, 0.25) is 0 Å². The quantitative estimate of drug-likeness (QED) is 0.311. The van der Waals surface area contributed by atoms with Crippen LogP contribution in [0.1, 0.15) is 26.2 Å². The number of hydrogen-bond acceptors (Lipinski definition) is 3. The number of amidine groups is 1. The summed E-state index contributed by atoms with van der Waals surface area (Å²) in [5, 5.41) is 11.4. The van der Waals surface area contributed by atoms with Gasteiger partial charge in [0.25, 0.3) is 0 Å². The van der Waals surface area contributed by atoms with Gasteiger partial charge in [0.2, 0.25) is 5.91 Å². The topological polar surface area (TPSA) is 78.9 Å². The van der Waals surface area contributed by atoms with Crippen LogP contribution >= 0.6 is 0 Å². The number of oxime groups is 1. The van der Waals surface area contributed by atoms with E-state index < -0.39 is 0 Å². The monoisotopic (exact) mass is 213 g/mol. The van der Waals surface area contributed by atoms with Gasteiger partial charge >= 0.3 is 0 Å². The summed E-state index contributed by atoms with van der Waals surface area (Å²) in [6, 6.07) is 0. The second-order valence-electron chi connectivity index (χ2n) is 4.27. The van der Waals surface area contributed by atoms with E-state index in [2.05, 4.69) is 5.16 Å². The molecule has 0 spiro atoms. The molecule has 5 nitrogen and oxygen atoms in total. The van der Waals surface area contributed by atoms with Gasteiger partial charge in [-0.25, -0.2) is 0 Å². The van der Waals surface area contributed by atoms with Crippen molar-refractivity contribution in [3.05, 3.63) is 0 Å². The number of carbonyl (C=O) groups is 1. The smallest absolute Gasteiger partial charge is 0.225 e. The standard InChI is InChI=1S/C10H19N3O2/c1-7(9(11)12-15)6-13(2)10(14)8-4-3-5-8/h7-8,15H,3-6H2,1-2H3,(H2,11,12). The van der Waals surface area contributed by atoms with Crippen LogP contribution < -0.4 is 5.73 Å². The van der Waals surface area contributed by atoms with Gasteiger partial charge < -0.3 is 15.8 Å². The summed E-state index contributed by atoms with van der Waals surface area (Å²) in [6.45, 7) is 2.34. The Bertz CT molecular complexity index is 261. The van der Waals surface area contributed by atoms with E-state index in [1.165, 1.54) is 0 Å². The maximum atomic E-state index is 11.8. The van der Waals surface area contributed by atoms with E-state index in [-0.39, 0.29) is 23.6 Å². The first kappa shape index (κ1) is 11.8. The van der Waals surface area contributed by atoms with Gasteiger partial charge in [0.15, 0.2) is 0 Å². The van der Waals surface area contributed by atoms with Gasteiger partial charge in [-0.1, -0.05) is 18.5 Å². The zero-order chi connectivity index (χ0) is 11.4. The summed E-state index contributed by atoms with van der Waals surface area (Å²) in [5.74, 6) is 0.445. The van der Waals surface area contributed by atoms with E-state index in [1.807, 2.05) is 6.92 Å². The first-order chi connectivity index (χ1) is 7.06. The number of rotatable bonds is 4. The molecule has 86 valence electrons. The maximum absolute atomic E-state index is 11.8. The summed E-state index contributed by atoms with van der Waals surface area (Å²) in [4.78, 5) is 13.4. The van der Waals surface area contributed by atoms with Gasteiger partial charge in [-0.05, 0) is 12.8 Å². The summed E-state index contributed by atoms with van der Waals surface area (Å²) < 4.78 is 0. The average Bonchev–Trinajstić information content (AvgIpc) is 2.13. The van der Waals surface area contributed by atoms with Gasteiger partial charge in [0, 0.05) is 25.4 Å². The van der Waals surface area contributed by atoms with Crippen LogP contribution in [0.25, 0.3) is 0 Å². The van der Waals surface area contributed by atoms with Gasteiger partial charge in [-0.15, -0.1) is 0 Å². The molecular weight excluding hydrogens is 194 g/mol. The number of nitrogens with zero attached hydrogens (tertiary/aromatic N) is 2. The third-order valence-corrected chi connectivity index (χ3v) is 3.00. The van der Waals surface area contributed by atoms with Crippen molar-refractivity contribution in [1.29, 1.82) is 0 Å². The molecule has 0 radical (unpaired) electrons. The number of amides is 1. The lowest BCUT2D eigenvalue weighted by atomic mass is 9.84. The summed E-state index contributed by atoms with van der Waals surface area (Å²) in [6.07, 6.45) is 3.16. The highest BCUT2D eigenvalue weighted by Crippen LogP contribution is 2.27. The second-order valence-corrected chi connectivity index (χ2v) is 4.27. The first-order valence-corrected chi connectivity index (χ1v) is 5.28. The molecule has 3 N–H and O–H groups in total.